The predicted octanol–water partition coefficient (Wildman–Crippen LogP) is 2.32. The fourth-order valence-electron chi connectivity index (χ4n) is 1.13. The summed E-state index contributed by atoms with van der Waals surface area (Å²) in [5.74, 6) is 0.331. The van der Waals surface area contributed by atoms with Crippen LogP contribution in [-0.2, 0) is 6.54 Å². The van der Waals surface area contributed by atoms with Crippen LogP contribution in [0.4, 0.5) is 4.39 Å². The van der Waals surface area contributed by atoms with Crippen molar-refractivity contribution < 1.29 is 9.13 Å². The summed E-state index contributed by atoms with van der Waals surface area (Å²) in [4.78, 5) is 0. The van der Waals surface area contributed by atoms with Gasteiger partial charge in [0.05, 0.1) is 6.61 Å². The molecule has 0 saturated heterocycles. The van der Waals surface area contributed by atoms with E-state index in [9.17, 15) is 4.39 Å². The van der Waals surface area contributed by atoms with Gasteiger partial charge < -0.3 is 10.5 Å². The largest absolute Gasteiger partial charge is 0.490 e. The molecule has 3 heteroatoms. The van der Waals surface area contributed by atoms with Crippen molar-refractivity contribution in [1.82, 2.24) is 0 Å². The summed E-state index contributed by atoms with van der Waals surface area (Å²) in [5, 5.41) is 0. The van der Waals surface area contributed by atoms with Gasteiger partial charge in [0.2, 0.25) is 0 Å². The van der Waals surface area contributed by atoms with E-state index < -0.39 is 0 Å². The van der Waals surface area contributed by atoms with Gasteiger partial charge in [0.1, 0.15) is 0 Å². The molecule has 0 atom stereocenters. The summed E-state index contributed by atoms with van der Waals surface area (Å²) >= 11 is 0. The molecule has 2 N–H and O–H groups in total. The summed E-state index contributed by atoms with van der Waals surface area (Å²) in [5.41, 5.74) is 6.19. The highest BCUT2D eigenvalue weighted by Gasteiger charge is 2.08. The molecular formula is C11H16FNO. The number of benzene rings is 1. The summed E-state index contributed by atoms with van der Waals surface area (Å²) in [7, 11) is 0. The normalized spacial score (nSPS) is 10.6. The third-order valence-corrected chi connectivity index (χ3v) is 1.83. The molecule has 0 unspecified atom stereocenters. The molecule has 14 heavy (non-hydrogen) atoms. The second kappa shape index (κ2) is 4.96. The van der Waals surface area contributed by atoms with Crippen LogP contribution >= 0.6 is 0 Å². The highest BCUT2D eigenvalue weighted by Crippen LogP contribution is 2.22. The fourth-order valence-corrected chi connectivity index (χ4v) is 1.13. The maximum Gasteiger partial charge on any atom is 0.165 e. The fraction of sp³-hybridized carbons (Fsp3) is 0.455. The van der Waals surface area contributed by atoms with Gasteiger partial charge in [-0.25, -0.2) is 4.39 Å². The average molecular weight is 197 g/mol. The Kier molecular flexibility index (Phi) is 3.89. The Bertz CT molecular complexity index is 299. The van der Waals surface area contributed by atoms with E-state index in [1.807, 2.05) is 13.8 Å². The second-order valence-electron chi connectivity index (χ2n) is 3.64. The first-order chi connectivity index (χ1) is 6.65. The van der Waals surface area contributed by atoms with Crippen LogP contribution in [0, 0.1) is 11.7 Å². The highest BCUT2D eigenvalue weighted by molar-refractivity contribution is 5.34. The summed E-state index contributed by atoms with van der Waals surface area (Å²) in [6.45, 7) is 4.84. The van der Waals surface area contributed by atoms with Crippen LogP contribution in [0.5, 0.6) is 5.75 Å². The third-order valence-electron chi connectivity index (χ3n) is 1.83. The van der Waals surface area contributed by atoms with E-state index in [2.05, 4.69) is 0 Å². The van der Waals surface area contributed by atoms with Crippen molar-refractivity contribution in [3.63, 3.8) is 0 Å². The van der Waals surface area contributed by atoms with Crippen molar-refractivity contribution in [3.05, 3.63) is 29.6 Å². The molecule has 0 spiro atoms. The lowest BCUT2D eigenvalue weighted by molar-refractivity contribution is 0.257. The third kappa shape index (κ3) is 2.70. The lowest BCUT2D eigenvalue weighted by atomic mass is 10.2. The smallest absolute Gasteiger partial charge is 0.165 e. The number of hydrogen-bond acceptors (Lipinski definition) is 2. The van der Waals surface area contributed by atoms with Crippen LogP contribution < -0.4 is 10.5 Å². The zero-order valence-electron chi connectivity index (χ0n) is 8.59. The lowest BCUT2D eigenvalue weighted by Gasteiger charge is -2.12. The molecule has 1 aromatic carbocycles. The molecule has 0 aliphatic heterocycles. The average Bonchev–Trinajstić information content (AvgIpc) is 2.15. The summed E-state index contributed by atoms with van der Waals surface area (Å²) in [6.07, 6.45) is 0. The van der Waals surface area contributed by atoms with Gasteiger partial charge in [0.15, 0.2) is 11.6 Å². The Morgan fingerprint density at radius 1 is 1.43 bits per heavy atom. The Balaban J connectivity index is 2.82. The van der Waals surface area contributed by atoms with Crippen LogP contribution in [0.15, 0.2) is 18.2 Å². The van der Waals surface area contributed by atoms with E-state index in [1.54, 1.807) is 12.1 Å². The van der Waals surface area contributed by atoms with Crippen molar-refractivity contribution in [1.29, 1.82) is 0 Å². The number of nitrogens with two attached hydrogens (primary N) is 1. The van der Waals surface area contributed by atoms with E-state index in [1.165, 1.54) is 6.07 Å². The summed E-state index contributed by atoms with van der Waals surface area (Å²) in [6, 6.07) is 4.80. The molecule has 0 amide bonds. The molecule has 78 valence electrons. The Hall–Kier alpha value is -1.09. The number of para-hydroxylation sites is 1. The van der Waals surface area contributed by atoms with Crippen molar-refractivity contribution in [3.8, 4) is 5.75 Å². The second-order valence-corrected chi connectivity index (χ2v) is 3.64. The SMILES string of the molecule is CC(C)COc1c(F)cccc1CN. The van der Waals surface area contributed by atoms with Crippen LogP contribution in [-0.4, -0.2) is 6.61 Å². The van der Waals surface area contributed by atoms with Gasteiger partial charge in [-0.1, -0.05) is 26.0 Å². The molecule has 0 heterocycles. The minimum absolute atomic E-state index is 0.295. The van der Waals surface area contributed by atoms with Gasteiger partial charge in [0.25, 0.3) is 0 Å². The van der Waals surface area contributed by atoms with E-state index >= 15 is 0 Å². The first-order valence-corrected chi connectivity index (χ1v) is 4.75. The molecular weight excluding hydrogens is 181 g/mol. The van der Waals surface area contributed by atoms with Crippen molar-refractivity contribution in [2.75, 3.05) is 6.61 Å². The standard InChI is InChI=1S/C11H16FNO/c1-8(2)7-14-11-9(6-13)4-3-5-10(11)12/h3-5,8H,6-7,13H2,1-2H3. The van der Waals surface area contributed by atoms with Crippen LogP contribution in [0.25, 0.3) is 0 Å². The molecule has 0 bridgehead atoms. The molecule has 2 nitrogen and oxygen atoms in total. The van der Waals surface area contributed by atoms with Gasteiger partial charge in [0, 0.05) is 12.1 Å². The molecule has 0 saturated carbocycles. The van der Waals surface area contributed by atoms with Crippen LogP contribution in [0.1, 0.15) is 19.4 Å². The predicted molar refractivity (Wildman–Crippen MR) is 54.6 cm³/mol. The van der Waals surface area contributed by atoms with Crippen molar-refractivity contribution in [2.45, 2.75) is 20.4 Å². The van der Waals surface area contributed by atoms with E-state index in [0.29, 0.717) is 30.4 Å². The molecule has 1 aromatic rings. The Labute approximate surface area is 83.9 Å². The molecule has 1 rings (SSSR count). The number of ether oxygens (including phenoxy) is 1. The van der Waals surface area contributed by atoms with Gasteiger partial charge in [-0.15, -0.1) is 0 Å². The maximum absolute atomic E-state index is 13.3. The molecule has 0 aliphatic carbocycles. The Morgan fingerprint density at radius 3 is 2.71 bits per heavy atom. The van der Waals surface area contributed by atoms with E-state index in [0.717, 1.165) is 0 Å². The van der Waals surface area contributed by atoms with Crippen LogP contribution in [0.3, 0.4) is 0 Å². The van der Waals surface area contributed by atoms with Gasteiger partial charge >= 0.3 is 0 Å². The Morgan fingerprint density at radius 2 is 2.14 bits per heavy atom. The highest BCUT2D eigenvalue weighted by atomic mass is 19.1. The van der Waals surface area contributed by atoms with Gasteiger partial charge in [-0.2, -0.15) is 0 Å². The molecule has 0 fully saturated rings. The van der Waals surface area contributed by atoms with E-state index in [-0.39, 0.29) is 5.82 Å². The van der Waals surface area contributed by atoms with E-state index in [4.69, 9.17) is 10.5 Å². The number of hydrogen-bond donors (Lipinski definition) is 1. The number of halogens is 1. The molecule has 0 aromatic heterocycles. The first-order valence-electron chi connectivity index (χ1n) is 4.75. The minimum Gasteiger partial charge on any atom is -0.490 e. The zero-order valence-corrected chi connectivity index (χ0v) is 8.59. The quantitative estimate of drug-likeness (QED) is 0.804. The van der Waals surface area contributed by atoms with Gasteiger partial charge in [-0.05, 0) is 12.0 Å². The van der Waals surface area contributed by atoms with Crippen LogP contribution in [0.2, 0.25) is 0 Å². The minimum atomic E-state index is -0.339. The summed E-state index contributed by atoms with van der Waals surface area (Å²) < 4.78 is 18.7. The number of rotatable bonds is 4. The van der Waals surface area contributed by atoms with Gasteiger partial charge in [-0.3, -0.25) is 0 Å². The van der Waals surface area contributed by atoms with Crippen molar-refractivity contribution in [2.24, 2.45) is 11.7 Å². The topological polar surface area (TPSA) is 35.2 Å². The lowest BCUT2D eigenvalue weighted by Crippen LogP contribution is -2.09. The monoisotopic (exact) mass is 197 g/mol. The first kappa shape index (κ1) is 11.0. The maximum atomic E-state index is 13.3. The van der Waals surface area contributed by atoms with Crippen molar-refractivity contribution >= 4 is 0 Å². The molecule has 0 aliphatic rings. The zero-order chi connectivity index (χ0) is 10.6. The molecule has 0 radical (unpaired) electrons.